The quantitative estimate of drug-likeness (QED) is 0.849. The Hall–Kier alpha value is -2.77. The minimum absolute atomic E-state index is 0.145. The molecule has 27 heavy (non-hydrogen) atoms. The van der Waals surface area contributed by atoms with Gasteiger partial charge in [0.1, 0.15) is 17.2 Å². The number of rotatable bonds is 3. The lowest BCUT2D eigenvalue weighted by Crippen LogP contribution is -2.42. The maximum Gasteiger partial charge on any atom is 0.410 e. The van der Waals surface area contributed by atoms with Crippen LogP contribution < -0.4 is 16.2 Å². The largest absolute Gasteiger partial charge is 0.492 e. The number of carbonyl (C=O) groups excluding carboxylic acids is 1. The van der Waals surface area contributed by atoms with Crippen LogP contribution in [0.15, 0.2) is 18.2 Å². The van der Waals surface area contributed by atoms with Crippen LogP contribution in [0.4, 0.5) is 16.6 Å². The fourth-order valence-electron chi connectivity index (χ4n) is 3.13. The summed E-state index contributed by atoms with van der Waals surface area (Å²) in [5.41, 5.74) is 11.8. The molecular weight excluding hydrogens is 346 g/mol. The van der Waals surface area contributed by atoms with Crippen molar-refractivity contribution in [3.8, 4) is 5.75 Å². The van der Waals surface area contributed by atoms with Crippen molar-refractivity contribution >= 4 is 28.8 Å². The zero-order valence-corrected chi connectivity index (χ0v) is 16.1. The lowest BCUT2D eigenvalue weighted by atomic mass is 9.98. The van der Waals surface area contributed by atoms with Gasteiger partial charge in [0.25, 0.3) is 0 Å². The van der Waals surface area contributed by atoms with Crippen LogP contribution >= 0.6 is 0 Å². The minimum atomic E-state index is -0.475. The number of benzene rings is 1. The molecule has 0 bridgehead atoms. The van der Waals surface area contributed by atoms with Crippen molar-refractivity contribution in [1.82, 2.24) is 14.9 Å². The van der Waals surface area contributed by atoms with Gasteiger partial charge in [0, 0.05) is 13.1 Å². The Kier molecular flexibility index (Phi) is 5.25. The third-order valence-corrected chi connectivity index (χ3v) is 4.47. The van der Waals surface area contributed by atoms with E-state index in [4.69, 9.17) is 20.9 Å². The van der Waals surface area contributed by atoms with Crippen LogP contribution in [-0.4, -0.2) is 46.3 Å². The molecule has 1 aliphatic rings. The van der Waals surface area contributed by atoms with Crippen LogP contribution in [0.3, 0.4) is 0 Å². The molecular formula is C19H27N5O3. The highest BCUT2D eigenvalue weighted by molar-refractivity contribution is 5.94. The molecule has 1 aromatic heterocycles. The molecule has 8 nitrogen and oxygen atoms in total. The number of likely N-dealkylation sites (tertiary alicyclic amines) is 1. The normalized spacial score (nSPS) is 15.7. The number of fused-ring (bicyclic) bond motifs is 1. The van der Waals surface area contributed by atoms with Gasteiger partial charge in [0.05, 0.1) is 17.5 Å². The molecule has 8 heteroatoms. The molecule has 1 aromatic carbocycles. The molecule has 0 radical (unpaired) electrons. The number of nitrogen functional groups attached to an aromatic ring is 2. The van der Waals surface area contributed by atoms with E-state index in [1.54, 1.807) is 4.90 Å². The Morgan fingerprint density at radius 3 is 2.59 bits per heavy atom. The molecule has 0 saturated carbocycles. The number of anilines is 2. The summed E-state index contributed by atoms with van der Waals surface area (Å²) < 4.78 is 11.5. The molecule has 0 unspecified atom stereocenters. The first-order valence-electron chi connectivity index (χ1n) is 9.15. The summed E-state index contributed by atoms with van der Waals surface area (Å²) in [7, 11) is 0. The number of hydrogen-bond donors (Lipinski definition) is 2. The monoisotopic (exact) mass is 373 g/mol. The van der Waals surface area contributed by atoms with E-state index in [0.717, 1.165) is 12.8 Å². The van der Waals surface area contributed by atoms with Gasteiger partial charge in [-0.15, -0.1) is 0 Å². The van der Waals surface area contributed by atoms with Crippen molar-refractivity contribution in [2.24, 2.45) is 5.92 Å². The first-order chi connectivity index (χ1) is 12.7. The highest BCUT2D eigenvalue weighted by atomic mass is 16.6. The van der Waals surface area contributed by atoms with Crippen LogP contribution in [0, 0.1) is 5.92 Å². The second-order valence-electron chi connectivity index (χ2n) is 7.84. The number of carbonyl (C=O) groups is 1. The first kappa shape index (κ1) is 19.0. The zero-order valence-electron chi connectivity index (χ0n) is 16.1. The molecule has 3 rings (SSSR count). The van der Waals surface area contributed by atoms with Crippen molar-refractivity contribution in [1.29, 1.82) is 0 Å². The van der Waals surface area contributed by atoms with Gasteiger partial charge >= 0.3 is 6.09 Å². The van der Waals surface area contributed by atoms with Crippen LogP contribution in [0.25, 0.3) is 10.9 Å². The number of nitrogens with two attached hydrogens (primary N) is 2. The van der Waals surface area contributed by atoms with E-state index in [1.165, 1.54) is 0 Å². The average Bonchev–Trinajstić information content (AvgIpc) is 2.58. The van der Waals surface area contributed by atoms with Crippen LogP contribution in [0.2, 0.25) is 0 Å². The molecule has 2 aromatic rings. The Balaban J connectivity index is 1.58. The van der Waals surface area contributed by atoms with E-state index in [9.17, 15) is 4.79 Å². The van der Waals surface area contributed by atoms with E-state index in [-0.39, 0.29) is 12.0 Å². The van der Waals surface area contributed by atoms with E-state index < -0.39 is 5.60 Å². The van der Waals surface area contributed by atoms with Gasteiger partial charge in [0.15, 0.2) is 0 Å². The lowest BCUT2D eigenvalue weighted by molar-refractivity contribution is 0.0165. The summed E-state index contributed by atoms with van der Waals surface area (Å²) in [5.74, 6) is 1.47. The average molecular weight is 373 g/mol. The number of hydrogen-bond acceptors (Lipinski definition) is 7. The van der Waals surface area contributed by atoms with Gasteiger partial charge in [-0.05, 0) is 51.7 Å². The lowest BCUT2D eigenvalue weighted by Gasteiger charge is -2.33. The van der Waals surface area contributed by atoms with Gasteiger partial charge in [-0.25, -0.2) is 9.78 Å². The summed E-state index contributed by atoms with van der Waals surface area (Å²) in [6.07, 6.45) is 1.48. The predicted octanol–water partition coefficient (Wildman–Crippen LogP) is 2.82. The molecule has 2 heterocycles. The smallest absolute Gasteiger partial charge is 0.410 e. The summed E-state index contributed by atoms with van der Waals surface area (Å²) in [6, 6.07) is 5.54. The fourth-order valence-corrected chi connectivity index (χ4v) is 3.13. The number of nitrogens with zero attached hydrogens (tertiary/aromatic N) is 3. The Bertz CT molecular complexity index is 826. The topological polar surface area (TPSA) is 117 Å². The van der Waals surface area contributed by atoms with Crippen molar-refractivity contribution in [2.75, 3.05) is 31.2 Å². The van der Waals surface area contributed by atoms with E-state index in [0.29, 0.717) is 48.1 Å². The number of aromatic nitrogens is 2. The van der Waals surface area contributed by atoms with Gasteiger partial charge in [-0.1, -0.05) is 6.07 Å². The Morgan fingerprint density at radius 1 is 1.22 bits per heavy atom. The molecule has 1 saturated heterocycles. The predicted molar refractivity (Wildman–Crippen MR) is 104 cm³/mol. The Labute approximate surface area is 158 Å². The summed E-state index contributed by atoms with van der Waals surface area (Å²) in [4.78, 5) is 22.1. The molecule has 0 spiro atoms. The van der Waals surface area contributed by atoms with Crippen molar-refractivity contribution in [3.63, 3.8) is 0 Å². The second-order valence-corrected chi connectivity index (χ2v) is 7.84. The highest BCUT2D eigenvalue weighted by Gasteiger charge is 2.27. The minimum Gasteiger partial charge on any atom is -0.492 e. The van der Waals surface area contributed by atoms with Gasteiger partial charge < -0.3 is 25.8 Å². The molecule has 0 aliphatic carbocycles. The molecule has 4 N–H and O–H groups in total. The number of amides is 1. The SMILES string of the molecule is CC(C)(C)OC(=O)N1CCC(COc2cccc3nc(N)nc(N)c23)CC1. The van der Waals surface area contributed by atoms with Gasteiger partial charge in [0.2, 0.25) is 5.95 Å². The standard InChI is InChI=1S/C19H27N5O3/c1-19(2,3)27-18(25)24-9-7-12(8-10-24)11-26-14-6-4-5-13-15(14)16(20)23-17(21)22-13/h4-6,12H,7-11H2,1-3H3,(H4,20,21,22,23). The highest BCUT2D eigenvalue weighted by Crippen LogP contribution is 2.30. The van der Waals surface area contributed by atoms with Crippen molar-refractivity contribution in [2.45, 2.75) is 39.2 Å². The van der Waals surface area contributed by atoms with Crippen LogP contribution in [0.1, 0.15) is 33.6 Å². The third kappa shape index (κ3) is 4.69. The van der Waals surface area contributed by atoms with E-state index in [1.807, 2.05) is 39.0 Å². The summed E-state index contributed by atoms with van der Waals surface area (Å²) in [6.45, 7) is 7.50. The number of piperidine rings is 1. The maximum absolute atomic E-state index is 12.1. The van der Waals surface area contributed by atoms with Crippen molar-refractivity contribution in [3.05, 3.63) is 18.2 Å². The van der Waals surface area contributed by atoms with Crippen molar-refractivity contribution < 1.29 is 14.3 Å². The Morgan fingerprint density at radius 2 is 1.93 bits per heavy atom. The summed E-state index contributed by atoms with van der Waals surface area (Å²) >= 11 is 0. The van der Waals surface area contributed by atoms with Crippen LogP contribution in [-0.2, 0) is 4.74 Å². The molecule has 0 atom stereocenters. The van der Waals surface area contributed by atoms with Gasteiger partial charge in [-0.3, -0.25) is 0 Å². The van der Waals surface area contributed by atoms with E-state index in [2.05, 4.69) is 9.97 Å². The fraction of sp³-hybridized carbons (Fsp3) is 0.526. The van der Waals surface area contributed by atoms with Gasteiger partial charge in [-0.2, -0.15) is 4.98 Å². The molecule has 1 fully saturated rings. The zero-order chi connectivity index (χ0) is 19.6. The molecule has 1 aliphatic heterocycles. The second kappa shape index (κ2) is 7.46. The van der Waals surface area contributed by atoms with Crippen LogP contribution in [0.5, 0.6) is 5.75 Å². The first-order valence-corrected chi connectivity index (χ1v) is 9.15. The number of ether oxygens (including phenoxy) is 2. The summed E-state index contributed by atoms with van der Waals surface area (Å²) in [5, 5.41) is 0.679. The maximum atomic E-state index is 12.1. The molecule has 1 amide bonds. The third-order valence-electron chi connectivity index (χ3n) is 4.47. The molecule has 146 valence electrons. The van der Waals surface area contributed by atoms with E-state index >= 15 is 0 Å².